The molecule has 8 heteroatoms. The number of hydrogen-bond acceptors (Lipinski definition) is 4. The Hall–Kier alpha value is -1.41. The van der Waals surface area contributed by atoms with Crippen LogP contribution < -0.4 is 4.72 Å². The van der Waals surface area contributed by atoms with Crippen molar-refractivity contribution >= 4 is 16.0 Å². The number of sulfonamides is 1. The van der Waals surface area contributed by atoms with Gasteiger partial charge in [-0.25, -0.2) is 18.1 Å². The number of rotatable bonds is 7. The molecular formula is C10H17N3O4S. The molecule has 1 rings (SSSR count). The standard InChI is InChI=1S/C10H17N3O4S/c1-3-4-8(10(14)15)5-12-18(16,17)9-6-13(2)7-11-9/h6-8,12H,3-5H2,1-2H3,(H,14,15). The fraction of sp³-hybridized carbons (Fsp3) is 0.600. The van der Waals surface area contributed by atoms with Crippen molar-refractivity contribution in [2.75, 3.05) is 6.54 Å². The van der Waals surface area contributed by atoms with Crippen LogP contribution in [0.3, 0.4) is 0 Å². The van der Waals surface area contributed by atoms with E-state index < -0.39 is 21.9 Å². The Labute approximate surface area is 106 Å². The van der Waals surface area contributed by atoms with E-state index in [1.807, 2.05) is 6.92 Å². The molecule has 1 aromatic heterocycles. The lowest BCUT2D eigenvalue weighted by Gasteiger charge is -2.11. The molecule has 7 nitrogen and oxygen atoms in total. The average molecular weight is 275 g/mol. The minimum Gasteiger partial charge on any atom is -0.481 e. The third kappa shape index (κ3) is 3.81. The Balaban J connectivity index is 2.69. The molecule has 2 N–H and O–H groups in total. The second kappa shape index (κ2) is 5.96. The van der Waals surface area contributed by atoms with Crippen LogP contribution in [0.2, 0.25) is 0 Å². The van der Waals surface area contributed by atoms with Gasteiger partial charge in [0, 0.05) is 19.8 Å². The molecule has 0 saturated heterocycles. The summed E-state index contributed by atoms with van der Waals surface area (Å²) in [5.74, 6) is -1.71. The Morgan fingerprint density at radius 2 is 2.28 bits per heavy atom. The summed E-state index contributed by atoms with van der Waals surface area (Å²) in [6, 6.07) is 0. The van der Waals surface area contributed by atoms with Crippen molar-refractivity contribution in [2.24, 2.45) is 13.0 Å². The number of aryl methyl sites for hydroxylation is 1. The minimum atomic E-state index is -3.73. The first kappa shape index (κ1) is 14.7. The van der Waals surface area contributed by atoms with Gasteiger partial charge in [-0.05, 0) is 6.42 Å². The topological polar surface area (TPSA) is 101 Å². The van der Waals surface area contributed by atoms with Gasteiger partial charge in [0.2, 0.25) is 0 Å². The van der Waals surface area contributed by atoms with Crippen molar-refractivity contribution in [1.82, 2.24) is 14.3 Å². The molecule has 0 fully saturated rings. The average Bonchev–Trinajstić information content (AvgIpc) is 2.71. The zero-order valence-corrected chi connectivity index (χ0v) is 11.1. The van der Waals surface area contributed by atoms with Gasteiger partial charge in [-0.2, -0.15) is 0 Å². The second-order valence-electron chi connectivity index (χ2n) is 4.05. The summed E-state index contributed by atoms with van der Waals surface area (Å²) < 4.78 is 27.4. The lowest BCUT2D eigenvalue weighted by atomic mass is 10.1. The number of carboxylic acid groups (broad SMARTS) is 1. The van der Waals surface area contributed by atoms with Crippen LogP contribution in [0.4, 0.5) is 0 Å². The summed E-state index contributed by atoms with van der Waals surface area (Å²) in [6.07, 6.45) is 3.84. The van der Waals surface area contributed by atoms with E-state index in [0.29, 0.717) is 12.8 Å². The summed E-state index contributed by atoms with van der Waals surface area (Å²) >= 11 is 0. The molecule has 1 heterocycles. The number of hydrogen-bond donors (Lipinski definition) is 2. The van der Waals surface area contributed by atoms with Gasteiger partial charge in [0.25, 0.3) is 10.0 Å². The number of nitrogens with zero attached hydrogens (tertiary/aromatic N) is 2. The molecular weight excluding hydrogens is 258 g/mol. The van der Waals surface area contributed by atoms with Gasteiger partial charge < -0.3 is 9.67 Å². The zero-order chi connectivity index (χ0) is 13.8. The molecule has 0 bridgehead atoms. The third-order valence-electron chi connectivity index (χ3n) is 2.46. The molecule has 1 unspecified atom stereocenters. The van der Waals surface area contributed by atoms with Gasteiger partial charge in [0.05, 0.1) is 12.2 Å². The van der Waals surface area contributed by atoms with Crippen LogP contribution >= 0.6 is 0 Å². The largest absolute Gasteiger partial charge is 0.481 e. The highest BCUT2D eigenvalue weighted by atomic mass is 32.2. The highest BCUT2D eigenvalue weighted by Gasteiger charge is 2.22. The molecule has 1 aromatic rings. The van der Waals surface area contributed by atoms with E-state index in [2.05, 4.69) is 9.71 Å². The molecule has 0 aliphatic heterocycles. The number of imidazole rings is 1. The smallest absolute Gasteiger partial charge is 0.307 e. The van der Waals surface area contributed by atoms with E-state index in [1.165, 1.54) is 17.1 Å². The zero-order valence-electron chi connectivity index (χ0n) is 10.3. The minimum absolute atomic E-state index is 0.106. The van der Waals surface area contributed by atoms with Crippen LogP contribution in [0.15, 0.2) is 17.6 Å². The number of nitrogens with one attached hydrogen (secondary N) is 1. The molecule has 0 aliphatic rings. The van der Waals surface area contributed by atoms with Crippen LogP contribution in [-0.4, -0.2) is 35.6 Å². The maximum Gasteiger partial charge on any atom is 0.307 e. The van der Waals surface area contributed by atoms with Gasteiger partial charge in [-0.15, -0.1) is 0 Å². The monoisotopic (exact) mass is 275 g/mol. The number of aliphatic carboxylic acids is 1. The lowest BCUT2D eigenvalue weighted by Crippen LogP contribution is -2.33. The Bertz CT molecular complexity index is 509. The first-order chi connectivity index (χ1) is 8.36. The highest BCUT2D eigenvalue weighted by Crippen LogP contribution is 2.08. The Morgan fingerprint density at radius 1 is 1.61 bits per heavy atom. The van der Waals surface area contributed by atoms with Crippen molar-refractivity contribution in [1.29, 1.82) is 0 Å². The fourth-order valence-corrected chi connectivity index (χ4v) is 2.53. The predicted molar refractivity (Wildman–Crippen MR) is 64.4 cm³/mol. The molecule has 1 atom stereocenters. The fourth-order valence-electron chi connectivity index (χ4n) is 1.47. The highest BCUT2D eigenvalue weighted by molar-refractivity contribution is 7.89. The van der Waals surface area contributed by atoms with Crippen LogP contribution in [0.25, 0.3) is 0 Å². The van der Waals surface area contributed by atoms with Crippen LogP contribution in [-0.2, 0) is 21.9 Å². The van der Waals surface area contributed by atoms with E-state index in [-0.39, 0.29) is 11.6 Å². The number of aromatic nitrogens is 2. The maximum absolute atomic E-state index is 11.8. The van der Waals surface area contributed by atoms with Gasteiger partial charge in [-0.3, -0.25) is 4.79 Å². The number of carboxylic acids is 1. The number of carbonyl (C=O) groups is 1. The molecule has 18 heavy (non-hydrogen) atoms. The molecule has 0 radical (unpaired) electrons. The summed E-state index contributed by atoms with van der Waals surface area (Å²) in [5, 5.41) is 8.82. The molecule has 0 aromatic carbocycles. The van der Waals surface area contributed by atoms with Gasteiger partial charge in [0.1, 0.15) is 0 Å². The first-order valence-electron chi connectivity index (χ1n) is 5.57. The van der Waals surface area contributed by atoms with Crippen molar-refractivity contribution in [3.05, 3.63) is 12.5 Å². The van der Waals surface area contributed by atoms with E-state index >= 15 is 0 Å². The first-order valence-corrected chi connectivity index (χ1v) is 7.05. The summed E-state index contributed by atoms with van der Waals surface area (Å²) in [5.41, 5.74) is 0. The summed E-state index contributed by atoms with van der Waals surface area (Å²) in [6.45, 7) is 1.73. The summed E-state index contributed by atoms with van der Waals surface area (Å²) in [4.78, 5) is 14.6. The quantitative estimate of drug-likeness (QED) is 0.740. The molecule has 0 saturated carbocycles. The molecule has 0 aliphatic carbocycles. The van der Waals surface area contributed by atoms with E-state index in [4.69, 9.17) is 5.11 Å². The predicted octanol–water partition coefficient (Wildman–Crippen LogP) is 0.199. The Kier molecular flexibility index (Phi) is 4.85. The van der Waals surface area contributed by atoms with Crippen molar-refractivity contribution in [3.8, 4) is 0 Å². The molecule has 0 spiro atoms. The van der Waals surface area contributed by atoms with Gasteiger partial charge in [0.15, 0.2) is 5.03 Å². The van der Waals surface area contributed by atoms with Crippen molar-refractivity contribution in [2.45, 2.75) is 24.8 Å². The van der Waals surface area contributed by atoms with Crippen LogP contribution in [0, 0.1) is 5.92 Å². The maximum atomic E-state index is 11.8. The van der Waals surface area contributed by atoms with E-state index in [0.717, 1.165) is 0 Å². The van der Waals surface area contributed by atoms with E-state index in [9.17, 15) is 13.2 Å². The molecule has 102 valence electrons. The van der Waals surface area contributed by atoms with Gasteiger partial charge >= 0.3 is 5.97 Å². The summed E-state index contributed by atoms with van der Waals surface area (Å²) in [7, 11) is -2.08. The normalized spacial score (nSPS) is 13.4. The third-order valence-corrected chi connectivity index (χ3v) is 3.77. The van der Waals surface area contributed by atoms with Crippen molar-refractivity contribution in [3.63, 3.8) is 0 Å². The lowest BCUT2D eigenvalue weighted by molar-refractivity contribution is -0.141. The van der Waals surface area contributed by atoms with E-state index in [1.54, 1.807) is 7.05 Å². The second-order valence-corrected chi connectivity index (χ2v) is 5.77. The van der Waals surface area contributed by atoms with Crippen molar-refractivity contribution < 1.29 is 18.3 Å². The van der Waals surface area contributed by atoms with Crippen LogP contribution in [0.1, 0.15) is 19.8 Å². The Morgan fingerprint density at radius 3 is 2.72 bits per heavy atom. The van der Waals surface area contributed by atoms with Crippen LogP contribution in [0.5, 0.6) is 0 Å². The molecule has 0 amide bonds. The van der Waals surface area contributed by atoms with Gasteiger partial charge in [-0.1, -0.05) is 13.3 Å². The SMILES string of the molecule is CCCC(CNS(=O)(=O)c1cn(C)cn1)C(=O)O.